The van der Waals surface area contributed by atoms with Crippen LogP contribution in [0.15, 0.2) is 18.2 Å². The monoisotopic (exact) mass is 247 g/mol. The number of carbonyl (C=O) groups excluding carboxylic acids is 1. The quantitative estimate of drug-likeness (QED) is 0.818. The number of ether oxygens (including phenoxy) is 1. The molecule has 98 valence electrons. The van der Waals surface area contributed by atoms with E-state index in [4.69, 9.17) is 4.74 Å². The highest BCUT2D eigenvalue weighted by atomic mass is 16.5. The van der Waals surface area contributed by atoms with Crippen molar-refractivity contribution in [1.82, 2.24) is 4.90 Å². The van der Waals surface area contributed by atoms with Crippen LogP contribution < -0.4 is 4.74 Å². The van der Waals surface area contributed by atoms with E-state index in [1.807, 2.05) is 18.2 Å². The molecule has 1 amide bonds. The SMILES string of the molecule is CC(C)c1ccc(C(=O)N(C)C)cc1OC1CC1. The maximum absolute atomic E-state index is 11.9. The van der Waals surface area contributed by atoms with Crippen LogP contribution in [0, 0.1) is 0 Å². The normalized spacial score (nSPS) is 14.7. The molecule has 2 rings (SSSR count). The molecule has 0 unspecified atom stereocenters. The van der Waals surface area contributed by atoms with Gasteiger partial charge in [-0.05, 0) is 36.5 Å². The number of hydrogen-bond donors (Lipinski definition) is 0. The van der Waals surface area contributed by atoms with Crippen LogP contribution in [0.4, 0.5) is 0 Å². The van der Waals surface area contributed by atoms with Gasteiger partial charge in [-0.2, -0.15) is 0 Å². The zero-order chi connectivity index (χ0) is 13.3. The molecule has 0 aromatic heterocycles. The molecule has 0 atom stereocenters. The van der Waals surface area contributed by atoms with Gasteiger partial charge in [-0.3, -0.25) is 4.79 Å². The van der Waals surface area contributed by atoms with Crippen molar-refractivity contribution in [3.05, 3.63) is 29.3 Å². The number of nitrogens with zero attached hydrogens (tertiary/aromatic N) is 1. The Morgan fingerprint density at radius 1 is 1.33 bits per heavy atom. The fourth-order valence-corrected chi connectivity index (χ4v) is 1.87. The highest BCUT2D eigenvalue weighted by molar-refractivity contribution is 5.94. The average molecular weight is 247 g/mol. The molecule has 0 aliphatic heterocycles. The topological polar surface area (TPSA) is 29.5 Å². The highest BCUT2D eigenvalue weighted by Crippen LogP contribution is 2.33. The first-order valence-corrected chi connectivity index (χ1v) is 6.51. The summed E-state index contributed by atoms with van der Waals surface area (Å²) in [7, 11) is 3.53. The summed E-state index contributed by atoms with van der Waals surface area (Å²) in [5.41, 5.74) is 1.87. The lowest BCUT2D eigenvalue weighted by Gasteiger charge is -2.16. The minimum Gasteiger partial charge on any atom is -0.490 e. The summed E-state index contributed by atoms with van der Waals surface area (Å²) in [6.07, 6.45) is 2.61. The molecule has 1 saturated carbocycles. The van der Waals surface area contributed by atoms with Gasteiger partial charge in [0.15, 0.2) is 0 Å². The Balaban J connectivity index is 2.31. The van der Waals surface area contributed by atoms with Crippen LogP contribution in [0.3, 0.4) is 0 Å². The second-order valence-corrected chi connectivity index (χ2v) is 5.42. The Morgan fingerprint density at radius 3 is 2.50 bits per heavy atom. The van der Waals surface area contributed by atoms with Crippen molar-refractivity contribution in [2.75, 3.05) is 14.1 Å². The molecule has 3 nitrogen and oxygen atoms in total. The third-order valence-corrected chi connectivity index (χ3v) is 3.11. The number of carbonyl (C=O) groups is 1. The maximum atomic E-state index is 11.9. The van der Waals surface area contributed by atoms with Crippen molar-refractivity contribution in [2.24, 2.45) is 0 Å². The van der Waals surface area contributed by atoms with Gasteiger partial charge >= 0.3 is 0 Å². The number of rotatable bonds is 4. The summed E-state index contributed by atoms with van der Waals surface area (Å²) in [5.74, 6) is 1.30. The molecule has 1 fully saturated rings. The van der Waals surface area contributed by atoms with Gasteiger partial charge in [0, 0.05) is 19.7 Å². The molecule has 1 aromatic rings. The lowest BCUT2D eigenvalue weighted by molar-refractivity contribution is 0.0827. The van der Waals surface area contributed by atoms with E-state index in [1.54, 1.807) is 19.0 Å². The van der Waals surface area contributed by atoms with Crippen LogP contribution in [0.25, 0.3) is 0 Å². The minimum atomic E-state index is 0.0194. The molecule has 3 heteroatoms. The summed E-state index contributed by atoms with van der Waals surface area (Å²) in [5, 5.41) is 0. The van der Waals surface area contributed by atoms with E-state index in [0.717, 1.165) is 18.6 Å². The zero-order valence-corrected chi connectivity index (χ0v) is 11.6. The molecule has 0 radical (unpaired) electrons. The largest absolute Gasteiger partial charge is 0.490 e. The van der Waals surface area contributed by atoms with Crippen LogP contribution in [-0.4, -0.2) is 31.0 Å². The van der Waals surface area contributed by atoms with E-state index >= 15 is 0 Å². The van der Waals surface area contributed by atoms with Gasteiger partial charge < -0.3 is 9.64 Å². The zero-order valence-electron chi connectivity index (χ0n) is 11.6. The third kappa shape index (κ3) is 2.84. The molecule has 18 heavy (non-hydrogen) atoms. The van der Waals surface area contributed by atoms with Crippen molar-refractivity contribution >= 4 is 5.91 Å². The van der Waals surface area contributed by atoms with Gasteiger partial charge in [0.05, 0.1) is 6.10 Å². The second kappa shape index (κ2) is 5.01. The Labute approximate surface area is 109 Å². The van der Waals surface area contributed by atoms with Gasteiger partial charge in [-0.15, -0.1) is 0 Å². The van der Waals surface area contributed by atoms with E-state index in [2.05, 4.69) is 13.8 Å². The second-order valence-electron chi connectivity index (χ2n) is 5.42. The van der Waals surface area contributed by atoms with Crippen molar-refractivity contribution in [3.8, 4) is 5.75 Å². The van der Waals surface area contributed by atoms with Crippen molar-refractivity contribution < 1.29 is 9.53 Å². The van der Waals surface area contributed by atoms with E-state index in [9.17, 15) is 4.79 Å². The standard InChI is InChI=1S/C15H21NO2/c1-10(2)13-8-5-11(15(17)16(3)4)9-14(13)18-12-6-7-12/h5,8-10,12H,6-7H2,1-4H3. The first-order valence-electron chi connectivity index (χ1n) is 6.51. The van der Waals surface area contributed by atoms with Crippen LogP contribution in [0.1, 0.15) is 48.5 Å². The van der Waals surface area contributed by atoms with E-state index < -0.39 is 0 Å². The van der Waals surface area contributed by atoms with Crippen LogP contribution in [0.2, 0.25) is 0 Å². The number of amides is 1. The molecule has 0 bridgehead atoms. The Morgan fingerprint density at radius 2 is 2.00 bits per heavy atom. The summed E-state index contributed by atoms with van der Waals surface area (Å²) in [6, 6.07) is 5.78. The van der Waals surface area contributed by atoms with E-state index in [-0.39, 0.29) is 5.91 Å². The predicted molar refractivity (Wildman–Crippen MR) is 72.2 cm³/mol. The fourth-order valence-electron chi connectivity index (χ4n) is 1.87. The van der Waals surface area contributed by atoms with Crippen LogP contribution in [0.5, 0.6) is 5.75 Å². The van der Waals surface area contributed by atoms with Gasteiger partial charge in [-0.25, -0.2) is 0 Å². The molecular weight excluding hydrogens is 226 g/mol. The summed E-state index contributed by atoms with van der Waals surface area (Å²) in [6.45, 7) is 4.28. The minimum absolute atomic E-state index is 0.0194. The first kappa shape index (κ1) is 12.9. The van der Waals surface area contributed by atoms with Gasteiger partial charge in [-0.1, -0.05) is 19.9 Å². The molecule has 1 aromatic carbocycles. The Hall–Kier alpha value is -1.51. The van der Waals surface area contributed by atoms with Crippen molar-refractivity contribution in [1.29, 1.82) is 0 Å². The van der Waals surface area contributed by atoms with Gasteiger partial charge in [0.25, 0.3) is 5.91 Å². The lowest BCUT2D eigenvalue weighted by atomic mass is 10.00. The molecule has 1 aliphatic rings. The van der Waals surface area contributed by atoms with Crippen LogP contribution >= 0.6 is 0 Å². The third-order valence-electron chi connectivity index (χ3n) is 3.11. The summed E-state index contributed by atoms with van der Waals surface area (Å²) >= 11 is 0. The summed E-state index contributed by atoms with van der Waals surface area (Å²) in [4.78, 5) is 13.5. The van der Waals surface area contributed by atoms with Gasteiger partial charge in [0.2, 0.25) is 0 Å². The van der Waals surface area contributed by atoms with Gasteiger partial charge in [0.1, 0.15) is 5.75 Å². The summed E-state index contributed by atoms with van der Waals surface area (Å²) < 4.78 is 5.92. The molecule has 1 aliphatic carbocycles. The average Bonchev–Trinajstić information content (AvgIpc) is 3.11. The predicted octanol–water partition coefficient (Wildman–Crippen LogP) is 3.05. The molecule has 0 saturated heterocycles. The molecular formula is C15H21NO2. The first-order chi connectivity index (χ1) is 8.49. The van der Waals surface area contributed by atoms with E-state index in [0.29, 0.717) is 17.6 Å². The Bertz CT molecular complexity index is 448. The van der Waals surface area contributed by atoms with Crippen LogP contribution in [-0.2, 0) is 0 Å². The van der Waals surface area contributed by atoms with Crippen molar-refractivity contribution in [2.45, 2.75) is 38.7 Å². The smallest absolute Gasteiger partial charge is 0.253 e. The van der Waals surface area contributed by atoms with E-state index in [1.165, 1.54) is 5.56 Å². The molecule has 0 N–H and O–H groups in total. The van der Waals surface area contributed by atoms with Crippen molar-refractivity contribution in [3.63, 3.8) is 0 Å². The number of hydrogen-bond acceptors (Lipinski definition) is 2. The maximum Gasteiger partial charge on any atom is 0.253 e. The Kier molecular flexibility index (Phi) is 3.60. The fraction of sp³-hybridized carbons (Fsp3) is 0.533. The highest BCUT2D eigenvalue weighted by Gasteiger charge is 2.25. The number of benzene rings is 1. The lowest BCUT2D eigenvalue weighted by Crippen LogP contribution is -2.21. The molecule has 0 heterocycles. The molecule has 0 spiro atoms.